The normalized spacial score (nSPS) is 19.8. The summed E-state index contributed by atoms with van der Waals surface area (Å²) < 4.78 is 61.1. The summed E-state index contributed by atoms with van der Waals surface area (Å²) in [5.74, 6) is -0.264. The van der Waals surface area contributed by atoms with Crippen LogP contribution >= 0.6 is 0 Å². The fourth-order valence-corrected chi connectivity index (χ4v) is 3.76. The number of aliphatic carboxylic acids is 1. The number of rotatable bonds is 11. The molecule has 1 heterocycles. The second-order valence-electron chi connectivity index (χ2n) is 8.35. The number of hydrogen-bond acceptors (Lipinski definition) is 6. The fraction of sp³-hybridized carbons (Fsp3) is 0.583. The zero-order valence-electron chi connectivity index (χ0n) is 19.3. The fourth-order valence-electron chi connectivity index (χ4n) is 3.76. The third-order valence-corrected chi connectivity index (χ3v) is 5.67. The van der Waals surface area contributed by atoms with E-state index in [1.807, 2.05) is 6.92 Å². The van der Waals surface area contributed by atoms with Crippen molar-refractivity contribution < 1.29 is 41.7 Å². The molecule has 0 bridgehead atoms. The van der Waals surface area contributed by atoms with E-state index in [0.29, 0.717) is 30.0 Å². The van der Waals surface area contributed by atoms with Gasteiger partial charge >= 0.3 is 12.1 Å². The second-order valence-corrected chi connectivity index (χ2v) is 8.35. The smallest absolute Gasteiger partial charge is 0.416 e. The minimum atomic E-state index is -4.40. The molecule has 3 rings (SSSR count). The molecule has 1 saturated carbocycles. The average molecular weight is 485 g/mol. The predicted octanol–water partition coefficient (Wildman–Crippen LogP) is 5.39. The molecule has 1 aliphatic rings. The number of carboxylic acids is 1. The van der Waals surface area contributed by atoms with Gasteiger partial charge < -0.3 is 23.7 Å². The molecule has 0 radical (unpaired) electrons. The van der Waals surface area contributed by atoms with Gasteiger partial charge in [0.25, 0.3) is 0 Å². The molecule has 7 nitrogen and oxygen atoms in total. The second kappa shape index (κ2) is 11.8. The number of nitrogens with zero attached hydrogens (tertiary/aromatic N) is 1. The van der Waals surface area contributed by atoms with E-state index >= 15 is 0 Å². The Morgan fingerprint density at radius 1 is 1.21 bits per heavy atom. The van der Waals surface area contributed by atoms with Crippen molar-refractivity contribution in [1.82, 2.24) is 4.98 Å². The van der Waals surface area contributed by atoms with E-state index < -0.39 is 23.8 Å². The predicted molar refractivity (Wildman–Crippen MR) is 116 cm³/mol. The molecule has 1 N–H and O–H groups in total. The molecule has 10 heteroatoms. The molecule has 1 aromatic carbocycles. The number of hydrogen-bond donors (Lipinski definition) is 1. The quantitative estimate of drug-likeness (QED) is 0.456. The summed E-state index contributed by atoms with van der Waals surface area (Å²) in [6, 6.07) is 4.65. The topological polar surface area (TPSA) is 91.0 Å². The van der Waals surface area contributed by atoms with Crippen LogP contribution in [0.1, 0.15) is 56.0 Å². The van der Waals surface area contributed by atoms with Gasteiger partial charge in [0, 0.05) is 12.2 Å². The Balaban J connectivity index is 1.52. The van der Waals surface area contributed by atoms with E-state index in [0.717, 1.165) is 37.8 Å². The lowest BCUT2D eigenvalue weighted by atomic mass is 9.95. The number of aryl methyl sites for hydroxylation is 1. The van der Waals surface area contributed by atoms with Crippen molar-refractivity contribution in [2.75, 3.05) is 13.2 Å². The molecule has 3 atom stereocenters. The van der Waals surface area contributed by atoms with Crippen LogP contribution in [0.2, 0.25) is 0 Å². The first kappa shape index (κ1) is 26.2. The van der Waals surface area contributed by atoms with Gasteiger partial charge in [0.2, 0.25) is 5.89 Å². The summed E-state index contributed by atoms with van der Waals surface area (Å²) in [6.07, 6.45) is -1.68. The number of carbonyl (C=O) groups is 1. The van der Waals surface area contributed by atoms with Gasteiger partial charge in [-0.2, -0.15) is 13.2 Å². The van der Waals surface area contributed by atoms with Crippen molar-refractivity contribution in [2.24, 2.45) is 0 Å². The minimum Gasteiger partial charge on any atom is -0.479 e. The minimum absolute atomic E-state index is 0.00833. The number of benzene rings is 1. The highest BCUT2D eigenvalue weighted by Crippen LogP contribution is 2.31. The van der Waals surface area contributed by atoms with Crippen LogP contribution in [0.15, 0.2) is 28.7 Å². The number of carboxylic acid groups (broad SMARTS) is 1. The van der Waals surface area contributed by atoms with E-state index in [1.54, 1.807) is 6.92 Å². The van der Waals surface area contributed by atoms with Crippen LogP contribution in [-0.4, -0.2) is 47.6 Å². The zero-order chi connectivity index (χ0) is 24.7. The van der Waals surface area contributed by atoms with E-state index in [9.17, 15) is 23.1 Å². The van der Waals surface area contributed by atoms with Gasteiger partial charge in [-0.1, -0.05) is 6.92 Å². The largest absolute Gasteiger partial charge is 0.479 e. The molecular weight excluding hydrogens is 455 g/mol. The van der Waals surface area contributed by atoms with Crippen LogP contribution in [0.25, 0.3) is 11.5 Å². The maximum atomic E-state index is 12.8. The highest BCUT2D eigenvalue weighted by molar-refractivity contribution is 5.72. The third kappa shape index (κ3) is 7.28. The summed E-state index contributed by atoms with van der Waals surface area (Å²) in [6.45, 7) is 4.19. The standard InChI is InChI=1S/C24H30F3NO6/c1-3-11-31-21(23(29)30)14-33-19-6-4-5-18(12-19)32-13-20-15(2)34-22(28-20)16-7-9-17(10-8-16)24(25,26)27/h7-10,18-19,21H,3-6,11-14H2,1-2H3,(H,29,30). The van der Waals surface area contributed by atoms with Crippen LogP contribution in [0.5, 0.6) is 0 Å². The van der Waals surface area contributed by atoms with Crippen molar-refractivity contribution >= 4 is 5.97 Å². The molecule has 188 valence electrons. The van der Waals surface area contributed by atoms with Gasteiger partial charge in [-0.25, -0.2) is 9.78 Å². The highest BCUT2D eigenvalue weighted by atomic mass is 19.4. The van der Waals surface area contributed by atoms with Crippen molar-refractivity contribution in [1.29, 1.82) is 0 Å². The molecule has 3 unspecified atom stereocenters. The Bertz CT molecular complexity index is 928. The number of aromatic nitrogens is 1. The molecule has 34 heavy (non-hydrogen) atoms. The summed E-state index contributed by atoms with van der Waals surface area (Å²) in [4.78, 5) is 15.7. The molecular formula is C24H30F3NO6. The van der Waals surface area contributed by atoms with Crippen LogP contribution < -0.4 is 0 Å². The van der Waals surface area contributed by atoms with E-state index in [1.165, 1.54) is 12.1 Å². The van der Waals surface area contributed by atoms with Crippen molar-refractivity contribution in [3.8, 4) is 11.5 Å². The van der Waals surface area contributed by atoms with Gasteiger partial charge in [-0.05, 0) is 63.3 Å². The lowest BCUT2D eigenvalue weighted by Crippen LogP contribution is -2.34. The monoisotopic (exact) mass is 485 g/mol. The van der Waals surface area contributed by atoms with Crippen LogP contribution in [0.3, 0.4) is 0 Å². The number of halogens is 3. The van der Waals surface area contributed by atoms with Gasteiger partial charge in [0.1, 0.15) is 11.5 Å². The van der Waals surface area contributed by atoms with Crippen molar-refractivity contribution in [3.63, 3.8) is 0 Å². The van der Waals surface area contributed by atoms with Gasteiger partial charge in [0.05, 0.1) is 31.0 Å². The first-order chi connectivity index (χ1) is 16.2. The first-order valence-electron chi connectivity index (χ1n) is 11.4. The molecule has 0 saturated heterocycles. The Morgan fingerprint density at radius 2 is 1.88 bits per heavy atom. The van der Waals surface area contributed by atoms with Gasteiger partial charge in [-0.3, -0.25) is 0 Å². The summed E-state index contributed by atoms with van der Waals surface area (Å²) >= 11 is 0. The van der Waals surface area contributed by atoms with Crippen molar-refractivity contribution in [2.45, 2.75) is 77.0 Å². The molecule has 1 aromatic heterocycles. The maximum absolute atomic E-state index is 12.8. The Kier molecular flexibility index (Phi) is 9.10. The molecule has 0 spiro atoms. The Labute approximate surface area is 196 Å². The van der Waals surface area contributed by atoms with Crippen LogP contribution in [0.4, 0.5) is 13.2 Å². The first-order valence-corrected chi connectivity index (χ1v) is 11.4. The SMILES string of the molecule is CCCOC(COC1CCCC(OCc2nc(-c3ccc(C(F)(F)F)cc3)oc2C)C1)C(=O)O. The molecule has 2 aromatic rings. The van der Waals surface area contributed by atoms with Gasteiger partial charge in [0.15, 0.2) is 6.10 Å². The third-order valence-electron chi connectivity index (χ3n) is 5.67. The molecule has 1 fully saturated rings. The van der Waals surface area contributed by atoms with Gasteiger partial charge in [-0.15, -0.1) is 0 Å². The summed E-state index contributed by atoms with van der Waals surface area (Å²) in [7, 11) is 0. The molecule has 1 aliphatic carbocycles. The highest BCUT2D eigenvalue weighted by Gasteiger charge is 2.30. The number of alkyl halides is 3. The average Bonchev–Trinajstić information content (AvgIpc) is 3.18. The Morgan fingerprint density at radius 3 is 2.50 bits per heavy atom. The maximum Gasteiger partial charge on any atom is 0.416 e. The number of oxazole rings is 1. The molecule has 0 aliphatic heterocycles. The van der Waals surface area contributed by atoms with Crippen LogP contribution in [-0.2, 0) is 31.8 Å². The zero-order valence-corrected chi connectivity index (χ0v) is 19.3. The Hall–Kier alpha value is -2.43. The van der Waals surface area contributed by atoms with Crippen molar-refractivity contribution in [3.05, 3.63) is 41.3 Å². The summed E-state index contributed by atoms with van der Waals surface area (Å²) in [5, 5.41) is 9.26. The number of ether oxygens (including phenoxy) is 3. The van der Waals surface area contributed by atoms with E-state index in [4.69, 9.17) is 18.6 Å². The molecule has 0 amide bonds. The lowest BCUT2D eigenvalue weighted by Gasteiger charge is -2.29. The summed E-state index contributed by atoms with van der Waals surface area (Å²) in [5.41, 5.74) is 0.298. The van der Waals surface area contributed by atoms with Crippen LogP contribution in [0, 0.1) is 6.92 Å². The lowest BCUT2D eigenvalue weighted by molar-refractivity contribution is -0.157. The van der Waals surface area contributed by atoms with E-state index in [-0.39, 0.29) is 31.3 Å². The van der Waals surface area contributed by atoms with E-state index in [2.05, 4.69) is 4.98 Å².